The molecule has 0 aliphatic rings. The Morgan fingerprint density at radius 3 is 1.65 bits per heavy atom. The zero-order valence-electron chi connectivity index (χ0n) is 20.8. The zero-order chi connectivity index (χ0) is 26.3. The highest BCUT2D eigenvalue weighted by Gasteiger charge is 2.45. The Balaban J connectivity index is 1.60. The van der Waals surface area contributed by atoms with Crippen LogP contribution < -0.4 is 25.7 Å². The number of methoxy groups -OCH3 is 2. The first-order valence-corrected chi connectivity index (χ1v) is 11.8. The lowest BCUT2D eigenvalue weighted by atomic mass is 9.69. The van der Waals surface area contributed by atoms with Crippen LogP contribution in [0.1, 0.15) is 16.7 Å². The molecule has 0 aromatic heterocycles. The third-order valence-electron chi connectivity index (χ3n) is 6.16. The number of carbonyl (C=O) groups excluding carboxylic acids is 1. The number of nitrogen functional groups attached to an aromatic ring is 2. The van der Waals surface area contributed by atoms with Crippen molar-refractivity contribution in [2.45, 2.75) is 5.41 Å². The molecule has 0 aliphatic heterocycles. The van der Waals surface area contributed by atoms with E-state index in [9.17, 15) is 4.79 Å². The van der Waals surface area contributed by atoms with Crippen LogP contribution in [-0.4, -0.2) is 33.4 Å². The third kappa shape index (κ3) is 5.16. The van der Waals surface area contributed by atoms with Gasteiger partial charge in [0.15, 0.2) is 0 Å². The molecule has 0 unspecified atom stereocenters. The minimum Gasteiger partial charge on any atom is -0.497 e. The predicted octanol–water partition coefficient (Wildman–Crippen LogP) is 4.82. The fourth-order valence-electron chi connectivity index (χ4n) is 4.38. The fourth-order valence-corrected chi connectivity index (χ4v) is 4.38. The number of nitrogens with two attached hydrogens (primary N) is 2. The van der Waals surface area contributed by atoms with E-state index in [2.05, 4.69) is 0 Å². The Labute approximate surface area is 216 Å². The molecule has 0 amide bonds. The van der Waals surface area contributed by atoms with Crippen molar-refractivity contribution in [3.05, 3.63) is 114 Å². The highest BCUT2D eigenvalue weighted by atomic mass is 16.5. The molecule has 4 rings (SSSR count). The Hall–Kier alpha value is -4.65. The van der Waals surface area contributed by atoms with Crippen molar-refractivity contribution in [1.82, 2.24) is 0 Å². The van der Waals surface area contributed by atoms with Crippen molar-refractivity contribution in [2.24, 2.45) is 0 Å². The Morgan fingerprint density at radius 1 is 0.676 bits per heavy atom. The van der Waals surface area contributed by atoms with E-state index >= 15 is 0 Å². The largest absolute Gasteiger partial charge is 0.497 e. The number of esters is 1. The molecular formula is C30H30N2O5. The van der Waals surface area contributed by atoms with E-state index in [1.807, 2.05) is 66.7 Å². The molecule has 0 aliphatic carbocycles. The first kappa shape index (κ1) is 25.4. The van der Waals surface area contributed by atoms with Crippen LogP contribution in [-0.2, 0) is 14.9 Å². The second-order valence-electron chi connectivity index (χ2n) is 8.33. The summed E-state index contributed by atoms with van der Waals surface area (Å²) in [5, 5.41) is 0. The second kappa shape index (κ2) is 11.4. The molecule has 190 valence electrons. The van der Waals surface area contributed by atoms with Crippen LogP contribution >= 0.6 is 0 Å². The summed E-state index contributed by atoms with van der Waals surface area (Å²) in [4.78, 5) is 13.5. The first-order valence-electron chi connectivity index (χ1n) is 11.8. The Bertz CT molecular complexity index is 1300. The quantitative estimate of drug-likeness (QED) is 0.140. The average molecular weight is 499 g/mol. The lowest BCUT2D eigenvalue weighted by molar-refractivity contribution is -0.144. The van der Waals surface area contributed by atoms with Gasteiger partial charge < -0.3 is 30.4 Å². The summed E-state index contributed by atoms with van der Waals surface area (Å²) in [5.74, 6) is 1.27. The zero-order valence-corrected chi connectivity index (χ0v) is 20.8. The van der Waals surface area contributed by atoms with E-state index in [1.54, 1.807) is 37.4 Å². The number of rotatable bonds is 10. The second-order valence-corrected chi connectivity index (χ2v) is 8.33. The maximum absolute atomic E-state index is 13.5. The summed E-state index contributed by atoms with van der Waals surface area (Å²) in [7, 11) is 2.97. The fraction of sp³-hybridized carbons (Fsp3) is 0.167. The smallest absolute Gasteiger partial charge is 0.325 e. The molecule has 0 saturated carbocycles. The molecule has 4 N–H and O–H groups in total. The summed E-state index contributed by atoms with van der Waals surface area (Å²) in [6, 6.07) is 29.6. The van der Waals surface area contributed by atoms with E-state index in [0.29, 0.717) is 34.2 Å². The predicted molar refractivity (Wildman–Crippen MR) is 144 cm³/mol. The van der Waals surface area contributed by atoms with Gasteiger partial charge in [0.25, 0.3) is 0 Å². The topological polar surface area (TPSA) is 106 Å². The standard InChI is InChI=1S/C30H30N2O5/c1-34-24-14-16-28(26(32)20-24)37-18-17-36-27-15-13-23(19-25(27)31)30(29(33)35-2,21-9-5-3-6-10-21)22-11-7-4-8-12-22/h3-16,19-20H,17-18,31-32H2,1-2H3. The van der Waals surface area contributed by atoms with E-state index in [-0.39, 0.29) is 13.2 Å². The highest BCUT2D eigenvalue weighted by Crippen LogP contribution is 2.42. The summed E-state index contributed by atoms with van der Waals surface area (Å²) >= 11 is 0. The van der Waals surface area contributed by atoms with E-state index < -0.39 is 11.4 Å². The van der Waals surface area contributed by atoms with Gasteiger partial charge in [0.2, 0.25) is 0 Å². The van der Waals surface area contributed by atoms with Gasteiger partial charge in [-0.15, -0.1) is 0 Å². The summed E-state index contributed by atoms with van der Waals surface area (Å²) < 4.78 is 22.1. The SMILES string of the molecule is COC(=O)C(c1ccccc1)(c1ccccc1)c1ccc(OCCOc2ccc(OC)cc2N)c(N)c1. The maximum Gasteiger partial charge on any atom is 0.325 e. The van der Waals surface area contributed by atoms with E-state index in [0.717, 1.165) is 11.1 Å². The van der Waals surface area contributed by atoms with Gasteiger partial charge in [0.1, 0.15) is 35.9 Å². The van der Waals surface area contributed by atoms with Crippen molar-refractivity contribution in [2.75, 3.05) is 38.9 Å². The van der Waals surface area contributed by atoms with Gasteiger partial charge in [-0.25, -0.2) is 0 Å². The van der Waals surface area contributed by atoms with Gasteiger partial charge >= 0.3 is 5.97 Å². The minimum atomic E-state index is -1.21. The number of carbonyl (C=O) groups is 1. The van der Waals surface area contributed by atoms with Crippen LogP contribution in [0, 0.1) is 0 Å². The molecule has 0 atom stereocenters. The van der Waals surface area contributed by atoms with Crippen molar-refractivity contribution >= 4 is 17.3 Å². The van der Waals surface area contributed by atoms with Crippen LogP contribution in [0.2, 0.25) is 0 Å². The Morgan fingerprint density at radius 2 is 1.19 bits per heavy atom. The third-order valence-corrected chi connectivity index (χ3v) is 6.16. The van der Waals surface area contributed by atoms with Gasteiger partial charge in [-0.3, -0.25) is 4.79 Å². The average Bonchev–Trinajstić information content (AvgIpc) is 2.94. The van der Waals surface area contributed by atoms with Crippen molar-refractivity contribution in [3.8, 4) is 17.2 Å². The summed E-state index contributed by atoms with van der Waals surface area (Å²) in [5.41, 5.74) is 14.3. The number of ether oxygens (including phenoxy) is 4. The Kier molecular flexibility index (Phi) is 7.83. The molecule has 0 radical (unpaired) electrons. The number of benzene rings is 4. The molecule has 7 nitrogen and oxygen atoms in total. The molecule has 0 spiro atoms. The molecule has 0 fully saturated rings. The van der Waals surface area contributed by atoms with E-state index in [1.165, 1.54) is 7.11 Å². The molecule has 4 aromatic carbocycles. The van der Waals surface area contributed by atoms with Gasteiger partial charge in [0, 0.05) is 6.07 Å². The van der Waals surface area contributed by atoms with Gasteiger partial charge in [-0.05, 0) is 41.0 Å². The van der Waals surface area contributed by atoms with Crippen LogP contribution in [0.15, 0.2) is 97.1 Å². The normalized spacial score (nSPS) is 11.0. The minimum absolute atomic E-state index is 0.245. The van der Waals surface area contributed by atoms with Gasteiger partial charge in [-0.2, -0.15) is 0 Å². The van der Waals surface area contributed by atoms with E-state index in [4.69, 9.17) is 30.4 Å². The molecule has 7 heteroatoms. The molecule has 0 saturated heterocycles. The molecule has 4 aromatic rings. The lowest BCUT2D eigenvalue weighted by Crippen LogP contribution is -2.39. The van der Waals surface area contributed by atoms with Crippen molar-refractivity contribution in [1.29, 1.82) is 0 Å². The van der Waals surface area contributed by atoms with Gasteiger partial charge in [-0.1, -0.05) is 66.7 Å². The maximum atomic E-state index is 13.5. The van der Waals surface area contributed by atoms with Crippen LogP contribution in [0.3, 0.4) is 0 Å². The van der Waals surface area contributed by atoms with Crippen molar-refractivity contribution in [3.63, 3.8) is 0 Å². The monoisotopic (exact) mass is 498 g/mol. The number of hydrogen-bond acceptors (Lipinski definition) is 7. The van der Waals surface area contributed by atoms with Crippen LogP contribution in [0.4, 0.5) is 11.4 Å². The van der Waals surface area contributed by atoms with Gasteiger partial charge in [0.05, 0.1) is 25.6 Å². The first-order chi connectivity index (χ1) is 18.0. The highest BCUT2D eigenvalue weighted by molar-refractivity contribution is 5.92. The summed E-state index contributed by atoms with van der Waals surface area (Å²) in [6.45, 7) is 0.506. The molecule has 0 heterocycles. The molecule has 0 bridgehead atoms. The molecular weight excluding hydrogens is 468 g/mol. The van der Waals surface area contributed by atoms with Crippen LogP contribution in [0.25, 0.3) is 0 Å². The summed E-state index contributed by atoms with van der Waals surface area (Å²) in [6.07, 6.45) is 0. The van der Waals surface area contributed by atoms with Crippen LogP contribution in [0.5, 0.6) is 17.2 Å². The van der Waals surface area contributed by atoms with Crippen molar-refractivity contribution < 1.29 is 23.7 Å². The number of anilines is 2. The number of hydrogen-bond donors (Lipinski definition) is 2. The molecule has 37 heavy (non-hydrogen) atoms. The lowest BCUT2D eigenvalue weighted by Gasteiger charge is -2.33.